The number of likely N-dealkylation sites (tertiary alicyclic amines) is 2. The fourth-order valence-electron chi connectivity index (χ4n) is 10.4. The quantitative estimate of drug-likeness (QED) is 0.167. The summed E-state index contributed by atoms with van der Waals surface area (Å²) in [5.74, 6) is -0.969. The zero-order valence-electron chi connectivity index (χ0n) is 34.4. The highest BCUT2D eigenvalue weighted by molar-refractivity contribution is 7.91. The van der Waals surface area contributed by atoms with Crippen molar-refractivity contribution in [3.8, 4) is 0 Å². The number of methoxy groups -OCH3 is 2. The molecule has 3 aliphatic heterocycles. The van der Waals surface area contributed by atoms with Gasteiger partial charge in [0.15, 0.2) is 0 Å². The minimum Gasteiger partial charge on any atom is -0.453 e. The fourth-order valence-corrected chi connectivity index (χ4v) is 11.7. The second-order valence-electron chi connectivity index (χ2n) is 16.8. The molecule has 3 saturated heterocycles. The topological polar surface area (TPSA) is 112 Å². The molecule has 14 heteroatoms. The molecule has 59 heavy (non-hydrogen) atoms. The highest BCUT2D eigenvalue weighted by Crippen LogP contribution is 2.54. The maximum Gasteiger partial charge on any atom is 0.409 e. The number of carbonyl (C=O) groups excluding carboxylic acids is 2. The monoisotopic (exact) mass is 833 g/mol. The molecule has 3 aromatic carbocycles. The van der Waals surface area contributed by atoms with Crippen LogP contribution in [0.15, 0.2) is 89.2 Å². The lowest BCUT2D eigenvalue weighted by molar-refractivity contribution is -0.111. The van der Waals surface area contributed by atoms with Crippen LogP contribution in [-0.2, 0) is 29.5 Å². The predicted molar refractivity (Wildman–Crippen MR) is 223 cm³/mol. The van der Waals surface area contributed by atoms with E-state index in [4.69, 9.17) is 9.47 Å². The van der Waals surface area contributed by atoms with Gasteiger partial charge < -0.3 is 34.4 Å². The highest BCUT2D eigenvalue weighted by Gasteiger charge is 2.54. The molecule has 0 radical (unpaired) electrons. The lowest BCUT2D eigenvalue weighted by Gasteiger charge is -2.55. The molecule has 0 spiro atoms. The Hall–Kier alpha value is -4.37. The number of nitrogens with zero attached hydrogens (tertiary/aromatic N) is 4. The molecule has 1 saturated carbocycles. The first-order valence-corrected chi connectivity index (χ1v) is 22.2. The van der Waals surface area contributed by atoms with Crippen molar-refractivity contribution < 1.29 is 36.3 Å². The van der Waals surface area contributed by atoms with E-state index in [0.717, 1.165) is 89.0 Å². The Balaban J connectivity index is 1.05. The number of anilines is 2. The summed E-state index contributed by atoms with van der Waals surface area (Å²) in [5.41, 5.74) is 0.721. The van der Waals surface area contributed by atoms with Gasteiger partial charge in [0.05, 0.1) is 35.7 Å². The van der Waals surface area contributed by atoms with E-state index in [1.54, 1.807) is 24.1 Å². The second-order valence-corrected chi connectivity index (χ2v) is 18.8. The molecule has 0 bridgehead atoms. The van der Waals surface area contributed by atoms with Crippen LogP contribution in [0.25, 0.3) is 0 Å². The van der Waals surface area contributed by atoms with E-state index >= 15 is 8.78 Å². The van der Waals surface area contributed by atoms with Crippen molar-refractivity contribution in [1.82, 2.24) is 14.7 Å². The third-order valence-corrected chi connectivity index (χ3v) is 15.4. The number of hydrogen-bond acceptors (Lipinski definition) is 9. The van der Waals surface area contributed by atoms with Crippen molar-refractivity contribution in [2.24, 2.45) is 11.8 Å². The zero-order valence-corrected chi connectivity index (χ0v) is 35.2. The Morgan fingerprint density at radius 3 is 2.31 bits per heavy atom. The molecule has 3 heterocycles. The summed E-state index contributed by atoms with van der Waals surface area (Å²) in [4.78, 5) is 33.0. The number of carbonyl (C=O) groups is 2. The van der Waals surface area contributed by atoms with Crippen LogP contribution >= 0.6 is 0 Å². The Kier molecular flexibility index (Phi) is 12.8. The van der Waals surface area contributed by atoms with Gasteiger partial charge in [-0.15, -0.1) is 0 Å². The van der Waals surface area contributed by atoms with Crippen LogP contribution in [0.3, 0.4) is 0 Å². The Morgan fingerprint density at radius 2 is 1.66 bits per heavy atom. The molecule has 318 valence electrons. The van der Waals surface area contributed by atoms with Crippen LogP contribution in [0.5, 0.6) is 0 Å². The molecule has 0 unspecified atom stereocenters. The number of ether oxygens (including phenoxy) is 2. The Labute approximate surface area is 347 Å². The van der Waals surface area contributed by atoms with E-state index in [2.05, 4.69) is 27.8 Å². The molecule has 2 amide bonds. The molecular formula is C45H57F2N5O6S. The van der Waals surface area contributed by atoms with Crippen molar-refractivity contribution in [3.05, 3.63) is 96.6 Å². The summed E-state index contributed by atoms with van der Waals surface area (Å²) in [6.07, 6.45) is 7.46. The molecule has 11 nitrogen and oxygen atoms in total. The van der Waals surface area contributed by atoms with Crippen LogP contribution in [0.2, 0.25) is 0 Å². The third kappa shape index (κ3) is 8.64. The number of piperidine rings is 1. The van der Waals surface area contributed by atoms with E-state index in [0.29, 0.717) is 25.3 Å². The number of nitrogens with one attached hydrogen (secondary N) is 1. The molecule has 3 aromatic rings. The lowest BCUT2D eigenvalue weighted by Crippen LogP contribution is -2.68. The van der Waals surface area contributed by atoms with Crippen molar-refractivity contribution in [3.63, 3.8) is 0 Å². The van der Waals surface area contributed by atoms with Gasteiger partial charge in [-0.05, 0) is 143 Å². The van der Waals surface area contributed by atoms with Gasteiger partial charge in [-0.1, -0.05) is 31.2 Å². The van der Waals surface area contributed by atoms with Gasteiger partial charge in [0.2, 0.25) is 15.7 Å². The number of sulfone groups is 1. The number of rotatable bonds is 15. The smallest absolute Gasteiger partial charge is 0.409 e. The largest absolute Gasteiger partial charge is 0.453 e. The van der Waals surface area contributed by atoms with E-state index in [-0.39, 0.29) is 50.7 Å². The molecule has 4 aliphatic rings. The van der Waals surface area contributed by atoms with Crippen molar-refractivity contribution in [2.45, 2.75) is 71.8 Å². The molecule has 7 rings (SSSR count). The van der Waals surface area contributed by atoms with Crippen LogP contribution in [0.1, 0.15) is 50.5 Å². The fraction of sp³-hybridized carbons (Fsp3) is 0.511. The van der Waals surface area contributed by atoms with Gasteiger partial charge in [-0.3, -0.25) is 4.79 Å². The summed E-state index contributed by atoms with van der Waals surface area (Å²) in [6, 6.07) is 16.9. The summed E-state index contributed by atoms with van der Waals surface area (Å²) < 4.78 is 69.2. The van der Waals surface area contributed by atoms with Gasteiger partial charge in [0.1, 0.15) is 17.2 Å². The van der Waals surface area contributed by atoms with Gasteiger partial charge in [0.25, 0.3) is 0 Å². The summed E-state index contributed by atoms with van der Waals surface area (Å²) in [7, 11) is 0.874. The normalized spacial score (nSPS) is 22.2. The van der Waals surface area contributed by atoms with Crippen LogP contribution in [0.4, 0.5) is 25.0 Å². The van der Waals surface area contributed by atoms with E-state index in [9.17, 15) is 18.0 Å². The van der Waals surface area contributed by atoms with Crippen LogP contribution in [-0.4, -0.2) is 120 Å². The maximum absolute atomic E-state index is 15.7. The molecule has 3 atom stereocenters. The summed E-state index contributed by atoms with van der Waals surface area (Å²) in [5, 5.41) is 2.55. The highest BCUT2D eigenvalue weighted by atomic mass is 32.2. The first-order valence-electron chi connectivity index (χ1n) is 20.7. The average molecular weight is 834 g/mol. The van der Waals surface area contributed by atoms with Crippen molar-refractivity contribution in [2.75, 3.05) is 83.8 Å². The van der Waals surface area contributed by atoms with Gasteiger partial charge in [0, 0.05) is 37.8 Å². The second kappa shape index (κ2) is 17.7. The van der Waals surface area contributed by atoms with E-state index in [1.807, 2.05) is 18.0 Å². The van der Waals surface area contributed by atoms with Crippen molar-refractivity contribution in [1.29, 1.82) is 0 Å². The van der Waals surface area contributed by atoms with Crippen LogP contribution < -0.4 is 10.2 Å². The van der Waals surface area contributed by atoms with Gasteiger partial charge in [-0.25, -0.2) is 22.0 Å². The molecule has 4 fully saturated rings. The predicted octanol–water partition coefficient (Wildman–Crippen LogP) is 6.74. The molecule has 1 N–H and O–H groups in total. The number of hydrogen-bond donors (Lipinski definition) is 1. The molecular weight excluding hydrogens is 777 g/mol. The average Bonchev–Trinajstić information content (AvgIpc) is 3.70. The maximum atomic E-state index is 15.7. The summed E-state index contributed by atoms with van der Waals surface area (Å²) in [6.45, 7) is 9.65. The molecule has 1 aliphatic carbocycles. The van der Waals surface area contributed by atoms with E-state index in [1.165, 1.54) is 49.9 Å². The number of amides is 2. The Morgan fingerprint density at radius 1 is 0.932 bits per heavy atom. The minimum atomic E-state index is -4.08. The minimum absolute atomic E-state index is 0.0183. The number of benzene rings is 3. The standard InChI is InChI=1S/C45H57F2N5O6S/c1-5-42(53)48-35-12-7-13-36(27-35)59(55,56)37-16-17-41(39(47)28-37)52-30-44(31-52,58-4)29-51-23-18-32(19-24-51)45(20-25-50-21-9-22-50,33-10-6-11-34(46)26-33)38-14-8-15-40(38)49(2)43(54)57-3/h5-7,10-13,16-17,26-28,32,38,40H,1,8-9,14-15,18-25,29-31H2,2-4H3,(H,48,53)/t38-,40-,45-/m0/s1. The van der Waals surface area contributed by atoms with Gasteiger partial charge in [-0.2, -0.15) is 0 Å². The summed E-state index contributed by atoms with van der Waals surface area (Å²) >= 11 is 0. The third-order valence-electron chi connectivity index (χ3n) is 13.6. The SMILES string of the molecule is C=CC(=O)Nc1cccc(S(=O)(=O)c2ccc(N3CC(CN4CCC([C@@](CCN5CCC5)(c5cccc(F)c5)[C@H]5CCC[C@@H]5N(C)C(=O)OC)CC4)(OC)C3)c(F)c2)c1. The zero-order chi connectivity index (χ0) is 42.0. The van der Waals surface area contributed by atoms with E-state index < -0.39 is 27.2 Å². The van der Waals surface area contributed by atoms with Crippen LogP contribution in [0, 0.1) is 23.5 Å². The van der Waals surface area contributed by atoms with Gasteiger partial charge >= 0.3 is 6.09 Å². The first kappa shape index (κ1) is 42.7. The lowest BCUT2D eigenvalue weighted by atomic mass is 9.56. The molecule has 0 aromatic heterocycles. The van der Waals surface area contributed by atoms with Crippen molar-refractivity contribution >= 4 is 33.2 Å². The first-order chi connectivity index (χ1) is 28.3. The Bertz CT molecular complexity index is 2120. The number of halogens is 2.